The van der Waals surface area contributed by atoms with E-state index in [4.69, 9.17) is 0 Å². The zero-order valence-electron chi connectivity index (χ0n) is 15.4. The zero-order chi connectivity index (χ0) is 19.0. The Balaban J connectivity index is 1.52. The molecule has 1 fully saturated rings. The highest BCUT2D eigenvalue weighted by Crippen LogP contribution is 2.28. The van der Waals surface area contributed by atoms with Gasteiger partial charge in [0.2, 0.25) is 0 Å². The number of anilines is 2. The summed E-state index contributed by atoms with van der Waals surface area (Å²) in [6.45, 7) is 3.25. The molecule has 1 saturated heterocycles. The van der Waals surface area contributed by atoms with E-state index in [9.17, 15) is 14.0 Å². The molecular weight excluding hydrogens is 345 g/mol. The van der Waals surface area contributed by atoms with Crippen LogP contribution in [0.15, 0.2) is 42.5 Å². The van der Waals surface area contributed by atoms with E-state index in [0.717, 1.165) is 30.6 Å². The second kappa shape index (κ2) is 7.12. The van der Waals surface area contributed by atoms with Gasteiger partial charge < -0.3 is 9.80 Å². The van der Waals surface area contributed by atoms with Crippen LogP contribution in [-0.4, -0.2) is 38.5 Å². The van der Waals surface area contributed by atoms with E-state index in [0.29, 0.717) is 12.4 Å². The number of carbonyl (C=O) groups excluding carboxylic acids is 2. The molecule has 0 bridgehead atoms. The Morgan fingerprint density at radius 2 is 1.78 bits per heavy atom. The van der Waals surface area contributed by atoms with Crippen molar-refractivity contribution in [3.05, 3.63) is 59.4 Å². The number of rotatable bonds is 5. The van der Waals surface area contributed by atoms with Crippen LogP contribution in [0.25, 0.3) is 0 Å². The first kappa shape index (κ1) is 17.7. The molecule has 0 radical (unpaired) electrons. The van der Waals surface area contributed by atoms with Crippen LogP contribution in [0.4, 0.5) is 15.8 Å². The lowest BCUT2D eigenvalue weighted by molar-refractivity contribution is -0.892. The molecule has 1 N–H and O–H groups in total. The minimum Gasteiger partial charge on any atom is -0.371 e. The van der Waals surface area contributed by atoms with Crippen LogP contribution in [0.5, 0.6) is 0 Å². The van der Waals surface area contributed by atoms with Crippen molar-refractivity contribution in [3.63, 3.8) is 0 Å². The molecule has 27 heavy (non-hydrogen) atoms. The summed E-state index contributed by atoms with van der Waals surface area (Å²) in [4.78, 5) is 29.5. The van der Waals surface area contributed by atoms with Crippen LogP contribution in [0.1, 0.15) is 28.8 Å². The van der Waals surface area contributed by atoms with E-state index >= 15 is 0 Å². The van der Waals surface area contributed by atoms with Gasteiger partial charge in [0.1, 0.15) is 12.4 Å². The SMILES string of the molecule is C[NH+](Cc1ccccc1N1CCCC1)CN1C(=O)C(=O)c2cc(F)ccc21. The summed E-state index contributed by atoms with van der Waals surface area (Å²) >= 11 is 0. The quantitative estimate of drug-likeness (QED) is 0.816. The van der Waals surface area contributed by atoms with Crippen LogP contribution in [0.2, 0.25) is 0 Å². The van der Waals surface area contributed by atoms with Crippen molar-refractivity contribution in [2.45, 2.75) is 19.4 Å². The van der Waals surface area contributed by atoms with Crippen LogP contribution in [0.3, 0.4) is 0 Å². The Morgan fingerprint density at radius 1 is 1.04 bits per heavy atom. The maximum atomic E-state index is 13.4. The molecule has 140 valence electrons. The fourth-order valence-electron chi connectivity index (χ4n) is 4.01. The number of quaternary nitrogens is 1. The van der Waals surface area contributed by atoms with E-state index in [1.807, 2.05) is 13.1 Å². The first-order chi connectivity index (χ1) is 13.0. The van der Waals surface area contributed by atoms with Gasteiger partial charge in [-0.25, -0.2) is 4.39 Å². The number of hydrogen-bond acceptors (Lipinski definition) is 3. The smallest absolute Gasteiger partial charge is 0.303 e. The van der Waals surface area contributed by atoms with E-state index in [2.05, 4.69) is 23.1 Å². The Hall–Kier alpha value is -2.73. The van der Waals surface area contributed by atoms with E-state index in [-0.39, 0.29) is 5.56 Å². The topological polar surface area (TPSA) is 45.1 Å². The van der Waals surface area contributed by atoms with E-state index < -0.39 is 17.5 Å². The number of ketones is 1. The number of nitrogens with zero attached hydrogens (tertiary/aromatic N) is 2. The van der Waals surface area contributed by atoms with Crippen LogP contribution < -0.4 is 14.7 Å². The van der Waals surface area contributed by atoms with Gasteiger partial charge in [-0.15, -0.1) is 0 Å². The van der Waals surface area contributed by atoms with Crippen LogP contribution in [-0.2, 0) is 11.3 Å². The summed E-state index contributed by atoms with van der Waals surface area (Å²) in [5, 5.41) is 0. The first-order valence-electron chi connectivity index (χ1n) is 9.34. The third-order valence-corrected chi connectivity index (χ3v) is 5.29. The molecule has 2 aliphatic heterocycles. The van der Waals surface area contributed by atoms with Crippen molar-refractivity contribution >= 4 is 23.1 Å². The number of fused-ring (bicyclic) bond motifs is 1. The fourth-order valence-corrected chi connectivity index (χ4v) is 4.01. The van der Waals surface area contributed by atoms with Crippen molar-refractivity contribution in [2.75, 3.05) is 36.6 Å². The average Bonchev–Trinajstić information content (AvgIpc) is 3.26. The number of para-hydroxylation sites is 1. The van der Waals surface area contributed by atoms with E-state index in [1.54, 1.807) is 0 Å². The molecule has 1 amide bonds. The van der Waals surface area contributed by atoms with Gasteiger partial charge in [0.05, 0.1) is 18.3 Å². The normalized spacial score (nSPS) is 17.6. The third kappa shape index (κ3) is 3.32. The second-order valence-corrected chi connectivity index (χ2v) is 7.34. The lowest BCUT2D eigenvalue weighted by Gasteiger charge is -2.25. The monoisotopic (exact) mass is 368 g/mol. The number of halogens is 1. The van der Waals surface area contributed by atoms with Gasteiger partial charge in [0.25, 0.3) is 5.78 Å². The number of hydrogen-bond donors (Lipinski definition) is 1. The number of nitrogens with one attached hydrogen (secondary N) is 1. The lowest BCUT2D eigenvalue weighted by atomic mass is 10.1. The second-order valence-electron chi connectivity index (χ2n) is 7.34. The predicted molar refractivity (Wildman–Crippen MR) is 102 cm³/mol. The first-order valence-corrected chi connectivity index (χ1v) is 9.34. The van der Waals surface area contributed by atoms with Crippen LogP contribution in [0, 0.1) is 5.82 Å². The molecule has 2 aliphatic rings. The molecule has 2 heterocycles. The standard InChI is InChI=1S/C21H22FN3O2/c1-23(13-15-6-2-3-7-18(15)24-10-4-5-11-24)14-25-19-9-8-16(22)12-17(19)20(26)21(25)27/h2-3,6-9,12H,4-5,10-11,13-14H2,1H3/p+1. The Bertz CT molecular complexity index is 893. The number of Topliss-reactive ketones (excluding diaryl/α,β-unsaturated/α-hetero) is 1. The molecule has 5 nitrogen and oxygen atoms in total. The number of benzene rings is 2. The van der Waals surface area contributed by atoms with Crippen molar-refractivity contribution in [1.29, 1.82) is 0 Å². The van der Waals surface area contributed by atoms with Crippen molar-refractivity contribution in [1.82, 2.24) is 0 Å². The largest absolute Gasteiger partial charge is 0.371 e. The Labute approximate surface area is 158 Å². The van der Waals surface area contributed by atoms with Crippen molar-refractivity contribution < 1.29 is 18.9 Å². The van der Waals surface area contributed by atoms with Crippen molar-refractivity contribution in [3.8, 4) is 0 Å². The van der Waals surface area contributed by atoms with Gasteiger partial charge in [0.15, 0.2) is 6.67 Å². The summed E-state index contributed by atoms with van der Waals surface area (Å²) in [5.74, 6) is -1.71. The van der Waals surface area contributed by atoms with Gasteiger partial charge in [-0.3, -0.25) is 14.5 Å². The molecule has 6 heteroatoms. The molecule has 2 aromatic rings. The van der Waals surface area contributed by atoms with Gasteiger partial charge in [0, 0.05) is 24.3 Å². The Kier molecular flexibility index (Phi) is 4.66. The highest BCUT2D eigenvalue weighted by atomic mass is 19.1. The maximum Gasteiger partial charge on any atom is 0.303 e. The Morgan fingerprint density at radius 3 is 2.56 bits per heavy atom. The highest BCUT2D eigenvalue weighted by molar-refractivity contribution is 6.52. The summed E-state index contributed by atoms with van der Waals surface area (Å²) in [6.07, 6.45) is 2.43. The molecule has 0 aromatic heterocycles. The summed E-state index contributed by atoms with van der Waals surface area (Å²) in [5.41, 5.74) is 3.14. The molecule has 0 aliphatic carbocycles. The maximum absolute atomic E-state index is 13.4. The number of carbonyl (C=O) groups is 2. The fraction of sp³-hybridized carbons (Fsp3) is 0.333. The molecular formula is C21H23FN3O2+. The molecule has 4 rings (SSSR count). The van der Waals surface area contributed by atoms with Crippen molar-refractivity contribution in [2.24, 2.45) is 0 Å². The molecule has 2 aromatic carbocycles. The lowest BCUT2D eigenvalue weighted by Crippen LogP contribution is -3.09. The average molecular weight is 368 g/mol. The summed E-state index contributed by atoms with van der Waals surface area (Å²) in [7, 11) is 2.00. The predicted octanol–water partition coefficient (Wildman–Crippen LogP) is 1.63. The molecule has 0 spiro atoms. The van der Waals surface area contributed by atoms with Gasteiger partial charge in [-0.2, -0.15) is 0 Å². The molecule has 0 saturated carbocycles. The van der Waals surface area contributed by atoms with Gasteiger partial charge in [-0.05, 0) is 37.1 Å². The minimum absolute atomic E-state index is 0.158. The third-order valence-electron chi connectivity index (χ3n) is 5.29. The highest BCUT2D eigenvalue weighted by Gasteiger charge is 2.37. The van der Waals surface area contributed by atoms with Gasteiger partial charge >= 0.3 is 5.91 Å². The summed E-state index contributed by atoms with van der Waals surface area (Å²) < 4.78 is 13.4. The number of amides is 1. The zero-order valence-corrected chi connectivity index (χ0v) is 15.4. The van der Waals surface area contributed by atoms with Crippen LogP contribution >= 0.6 is 0 Å². The minimum atomic E-state index is -0.630. The molecule has 1 atom stereocenters. The van der Waals surface area contributed by atoms with Gasteiger partial charge in [-0.1, -0.05) is 18.2 Å². The summed E-state index contributed by atoms with van der Waals surface area (Å²) in [6, 6.07) is 12.3. The van der Waals surface area contributed by atoms with E-state index in [1.165, 1.54) is 41.1 Å². The molecule has 1 unspecified atom stereocenters.